The first-order valence-electron chi connectivity index (χ1n) is 8.96. The standard InChI is InChI=1S/C21H22ClN5O/c1-14-24-20(23-11-10-16-6-8-17(22)9-7-16)13-21(25-14)27-19-5-3-4-18(12-19)26-15(2)28/h3-9,12-13H,10-11H2,1-2H3,(H,26,28)(H2,23,24,25,27). The molecule has 0 aliphatic carbocycles. The maximum Gasteiger partial charge on any atom is 0.221 e. The average Bonchev–Trinajstić information content (AvgIpc) is 2.63. The van der Waals surface area contributed by atoms with E-state index in [4.69, 9.17) is 11.6 Å². The lowest BCUT2D eigenvalue weighted by Gasteiger charge is -2.11. The Morgan fingerprint density at radius 3 is 2.46 bits per heavy atom. The van der Waals surface area contributed by atoms with E-state index in [2.05, 4.69) is 25.9 Å². The molecule has 6 nitrogen and oxygen atoms in total. The van der Waals surface area contributed by atoms with Gasteiger partial charge in [-0.25, -0.2) is 9.97 Å². The molecular formula is C21H22ClN5O. The number of aromatic nitrogens is 2. The quantitative estimate of drug-likeness (QED) is 0.535. The highest BCUT2D eigenvalue weighted by atomic mass is 35.5. The van der Waals surface area contributed by atoms with E-state index in [1.807, 2.05) is 61.5 Å². The first-order valence-corrected chi connectivity index (χ1v) is 9.34. The van der Waals surface area contributed by atoms with Crippen molar-refractivity contribution >= 4 is 40.5 Å². The van der Waals surface area contributed by atoms with E-state index >= 15 is 0 Å². The van der Waals surface area contributed by atoms with E-state index < -0.39 is 0 Å². The monoisotopic (exact) mass is 395 g/mol. The lowest BCUT2D eigenvalue weighted by molar-refractivity contribution is -0.114. The van der Waals surface area contributed by atoms with E-state index in [1.54, 1.807) is 0 Å². The summed E-state index contributed by atoms with van der Waals surface area (Å²) in [5, 5.41) is 10.1. The normalized spacial score (nSPS) is 10.4. The van der Waals surface area contributed by atoms with Gasteiger partial charge >= 0.3 is 0 Å². The molecule has 0 atom stereocenters. The molecule has 0 aliphatic rings. The Bertz CT molecular complexity index is 959. The molecule has 28 heavy (non-hydrogen) atoms. The van der Waals surface area contributed by atoms with Crippen molar-refractivity contribution in [1.29, 1.82) is 0 Å². The van der Waals surface area contributed by atoms with Gasteiger partial charge in [-0.1, -0.05) is 29.8 Å². The topological polar surface area (TPSA) is 78.9 Å². The van der Waals surface area contributed by atoms with Gasteiger partial charge in [-0.15, -0.1) is 0 Å². The largest absolute Gasteiger partial charge is 0.370 e. The molecule has 0 aliphatic heterocycles. The van der Waals surface area contributed by atoms with Crippen molar-refractivity contribution in [2.45, 2.75) is 20.3 Å². The third-order valence-corrected chi connectivity index (χ3v) is 4.18. The van der Waals surface area contributed by atoms with Crippen LogP contribution in [-0.4, -0.2) is 22.4 Å². The maximum absolute atomic E-state index is 11.2. The number of hydrogen-bond donors (Lipinski definition) is 3. The SMILES string of the molecule is CC(=O)Nc1cccc(Nc2cc(NCCc3ccc(Cl)cc3)nc(C)n2)c1. The third kappa shape index (κ3) is 5.96. The molecule has 7 heteroatoms. The summed E-state index contributed by atoms with van der Waals surface area (Å²) in [7, 11) is 0. The summed E-state index contributed by atoms with van der Waals surface area (Å²) >= 11 is 5.92. The van der Waals surface area contributed by atoms with Crippen LogP contribution in [0.1, 0.15) is 18.3 Å². The zero-order chi connectivity index (χ0) is 19.9. The van der Waals surface area contributed by atoms with Crippen LogP contribution in [0, 0.1) is 6.92 Å². The fourth-order valence-electron chi connectivity index (χ4n) is 2.73. The van der Waals surface area contributed by atoms with Crippen molar-refractivity contribution in [3.63, 3.8) is 0 Å². The van der Waals surface area contributed by atoms with Crippen molar-refractivity contribution in [2.24, 2.45) is 0 Å². The van der Waals surface area contributed by atoms with Crippen LogP contribution in [0.5, 0.6) is 0 Å². The highest BCUT2D eigenvalue weighted by molar-refractivity contribution is 6.30. The van der Waals surface area contributed by atoms with Crippen molar-refractivity contribution < 1.29 is 4.79 Å². The van der Waals surface area contributed by atoms with Gasteiger partial charge in [0.2, 0.25) is 5.91 Å². The Labute approximate surface area is 169 Å². The number of halogens is 1. The molecule has 0 radical (unpaired) electrons. The van der Waals surface area contributed by atoms with E-state index in [9.17, 15) is 4.79 Å². The minimum atomic E-state index is -0.109. The molecular weight excluding hydrogens is 374 g/mol. The molecule has 0 saturated heterocycles. The molecule has 144 valence electrons. The predicted molar refractivity (Wildman–Crippen MR) is 114 cm³/mol. The molecule has 0 saturated carbocycles. The van der Waals surface area contributed by atoms with Gasteiger partial charge in [0.15, 0.2) is 0 Å². The average molecular weight is 396 g/mol. The zero-order valence-corrected chi connectivity index (χ0v) is 16.5. The van der Waals surface area contributed by atoms with Crippen LogP contribution < -0.4 is 16.0 Å². The van der Waals surface area contributed by atoms with Gasteiger partial charge in [-0.3, -0.25) is 4.79 Å². The number of benzene rings is 2. The Kier molecular flexibility index (Phi) is 6.45. The molecule has 3 rings (SSSR count). The van der Waals surface area contributed by atoms with Gasteiger partial charge in [-0.2, -0.15) is 0 Å². The molecule has 0 bridgehead atoms. The van der Waals surface area contributed by atoms with Gasteiger partial charge in [0.25, 0.3) is 0 Å². The Morgan fingerprint density at radius 2 is 1.71 bits per heavy atom. The molecule has 1 amide bonds. The summed E-state index contributed by atoms with van der Waals surface area (Å²) in [4.78, 5) is 20.1. The van der Waals surface area contributed by atoms with Crippen LogP contribution in [0.3, 0.4) is 0 Å². The van der Waals surface area contributed by atoms with E-state index in [0.717, 1.165) is 35.2 Å². The van der Waals surface area contributed by atoms with E-state index in [-0.39, 0.29) is 5.91 Å². The van der Waals surface area contributed by atoms with Crippen LogP contribution in [0.25, 0.3) is 0 Å². The highest BCUT2D eigenvalue weighted by Crippen LogP contribution is 2.21. The number of hydrogen-bond acceptors (Lipinski definition) is 5. The molecule has 2 aromatic carbocycles. The first-order chi connectivity index (χ1) is 13.5. The summed E-state index contributed by atoms with van der Waals surface area (Å²) in [6, 6.07) is 17.2. The number of aryl methyl sites for hydroxylation is 1. The second kappa shape index (κ2) is 9.19. The predicted octanol–water partition coefficient (Wildman–Crippen LogP) is 4.80. The van der Waals surface area contributed by atoms with Crippen molar-refractivity contribution in [3.05, 3.63) is 71.0 Å². The number of anilines is 4. The molecule has 3 aromatic rings. The number of carbonyl (C=O) groups is 1. The number of rotatable bonds is 7. The molecule has 1 aromatic heterocycles. The van der Waals surface area contributed by atoms with Crippen LogP contribution in [-0.2, 0) is 11.2 Å². The van der Waals surface area contributed by atoms with Crippen LogP contribution in [0.15, 0.2) is 54.6 Å². The fraction of sp³-hybridized carbons (Fsp3) is 0.190. The second-order valence-electron chi connectivity index (χ2n) is 6.38. The lowest BCUT2D eigenvalue weighted by Crippen LogP contribution is -2.08. The Hall–Kier alpha value is -3.12. The number of carbonyl (C=O) groups excluding carboxylic acids is 1. The van der Waals surface area contributed by atoms with Gasteiger partial charge in [0.05, 0.1) is 0 Å². The smallest absolute Gasteiger partial charge is 0.221 e. The molecule has 0 fully saturated rings. The van der Waals surface area contributed by atoms with E-state index in [1.165, 1.54) is 12.5 Å². The van der Waals surface area contributed by atoms with Gasteiger partial charge < -0.3 is 16.0 Å². The summed E-state index contributed by atoms with van der Waals surface area (Å²) in [6.45, 7) is 4.08. The van der Waals surface area contributed by atoms with Crippen LogP contribution in [0.4, 0.5) is 23.0 Å². The fourth-order valence-corrected chi connectivity index (χ4v) is 2.86. The lowest BCUT2D eigenvalue weighted by atomic mass is 10.1. The Morgan fingerprint density at radius 1 is 1.00 bits per heavy atom. The number of amides is 1. The van der Waals surface area contributed by atoms with Crippen molar-refractivity contribution in [1.82, 2.24) is 9.97 Å². The molecule has 0 spiro atoms. The molecule has 3 N–H and O–H groups in total. The number of nitrogens with zero attached hydrogens (tertiary/aromatic N) is 2. The van der Waals surface area contributed by atoms with Crippen molar-refractivity contribution in [3.8, 4) is 0 Å². The summed E-state index contributed by atoms with van der Waals surface area (Å²) < 4.78 is 0. The summed E-state index contributed by atoms with van der Waals surface area (Å²) in [5.74, 6) is 1.99. The zero-order valence-electron chi connectivity index (χ0n) is 15.8. The van der Waals surface area contributed by atoms with Gasteiger partial charge in [0, 0.05) is 35.9 Å². The molecule has 0 unspecified atom stereocenters. The van der Waals surface area contributed by atoms with Crippen LogP contribution in [0.2, 0.25) is 5.02 Å². The first kappa shape index (κ1) is 19.6. The summed E-state index contributed by atoms with van der Waals surface area (Å²) in [5.41, 5.74) is 2.76. The second-order valence-corrected chi connectivity index (χ2v) is 6.81. The van der Waals surface area contributed by atoms with Crippen molar-refractivity contribution in [2.75, 3.05) is 22.5 Å². The van der Waals surface area contributed by atoms with Gasteiger partial charge in [-0.05, 0) is 49.2 Å². The summed E-state index contributed by atoms with van der Waals surface area (Å²) in [6.07, 6.45) is 0.863. The minimum absolute atomic E-state index is 0.109. The maximum atomic E-state index is 11.2. The molecule has 1 heterocycles. The Balaban J connectivity index is 1.64. The number of nitrogens with one attached hydrogen (secondary N) is 3. The minimum Gasteiger partial charge on any atom is -0.370 e. The third-order valence-electron chi connectivity index (χ3n) is 3.93. The van der Waals surface area contributed by atoms with Crippen LogP contribution >= 0.6 is 11.6 Å². The van der Waals surface area contributed by atoms with Gasteiger partial charge in [0.1, 0.15) is 17.5 Å². The van der Waals surface area contributed by atoms with E-state index in [0.29, 0.717) is 11.6 Å². The highest BCUT2D eigenvalue weighted by Gasteiger charge is 2.04.